The molecule has 0 atom stereocenters. The van der Waals surface area contributed by atoms with Gasteiger partial charge in [-0.25, -0.2) is 4.79 Å². The first-order chi connectivity index (χ1) is 7.58. The Kier molecular flexibility index (Phi) is 2.62. The van der Waals surface area contributed by atoms with Crippen LogP contribution in [0.3, 0.4) is 0 Å². The highest BCUT2D eigenvalue weighted by molar-refractivity contribution is 6.30. The van der Waals surface area contributed by atoms with E-state index in [1.165, 1.54) is 12.1 Å². The third-order valence-electron chi connectivity index (χ3n) is 2.13. The number of rotatable bonds is 1. The molecule has 1 fully saturated rings. The summed E-state index contributed by atoms with van der Waals surface area (Å²) in [4.78, 5) is 34.8. The van der Waals surface area contributed by atoms with E-state index < -0.39 is 17.8 Å². The van der Waals surface area contributed by atoms with Crippen molar-refractivity contribution in [2.24, 2.45) is 0 Å². The van der Waals surface area contributed by atoms with Gasteiger partial charge in [-0.3, -0.25) is 19.8 Å². The molecule has 2 rings (SSSR count). The van der Waals surface area contributed by atoms with Crippen molar-refractivity contribution in [3.05, 3.63) is 34.9 Å². The number of hydrogen-bond acceptors (Lipinski definition) is 3. The number of benzene rings is 1. The van der Waals surface area contributed by atoms with E-state index in [0.717, 1.165) is 4.90 Å². The molecule has 1 aliphatic rings. The van der Waals surface area contributed by atoms with Gasteiger partial charge in [0.25, 0.3) is 5.91 Å². The minimum absolute atomic E-state index is 0.236. The summed E-state index contributed by atoms with van der Waals surface area (Å²) in [5.74, 6) is -0.993. The molecule has 0 bridgehead atoms. The largest absolute Gasteiger partial charge is 0.331 e. The molecule has 1 aliphatic heterocycles. The molecule has 0 saturated carbocycles. The first-order valence-electron chi connectivity index (χ1n) is 4.49. The smallest absolute Gasteiger partial charge is 0.276 e. The van der Waals surface area contributed by atoms with E-state index in [9.17, 15) is 14.4 Å². The van der Waals surface area contributed by atoms with Gasteiger partial charge >= 0.3 is 6.03 Å². The molecule has 82 valence electrons. The molecule has 1 saturated heterocycles. The number of hydrogen-bond donors (Lipinski definition) is 1. The van der Waals surface area contributed by atoms with E-state index in [1.807, 2.05) is 5.32 Å². The molecule has 0 spiro atoms. The fraction of sp³-hybridized carbons (Fsp3) is 0.100. The molecule has 0 radical (unpaired) electrons. The van der Waals surface area contributed by atoms with Crippen LogP contribution in [0.1, 0.15) is 10.4 Å². The monoisotopic (exact) mass is 238 g/mol. The summed E-state index contributed by atoms with van der Waals surface area (Å²) in [5, 5.41) is 2.53. The van der Waals surface area contributed by atoms with Crippen LogP contribution < -0.4 is 5.32 Å². The van der Waals surface area contributed by atoms with Crippen LogP contribution in [0.5, 0.6) is 0 Å². The predicted octanol–water partition coefficient (Wildman–Crippen LogP) is 1.03. The molecule has 1 N–H and O–H groups in total. The molecule has 5 nitrogen and oxygen atoms in total. The van der Waals surface area contributed by atoms with Gasteiger partial charge in [0.15, 0.2) is 0 Å². The van der Waals surface area contributed by atoms with Crippen LogP contribution in [0.4, 0.5) is 4.79 Å². The van der Waals surface area contributed by atoms with Gasteiger partial charge in [-0.05, 0) is 24.3 Å². The summed E-state index contributed by atoms with van der Waals surface area (Å²) in [6, 6.07) is 5.40. The fourth-order valence-corrected chi connectivity index (χ4v) is 1.48. The van der Waals surface area contributed by atoms with Crippen LogP contribution in [0.25, 0.3) is 0 Å². The topological polar surface area (TPSA) is 66.5 Å². The van der Waals surface area contributed by atoms with Crippen LogP contribution >= 0.6 is 11.6 Å². The number of halogens is 1. The molecule has 4 amide bonds. The van der Waals surface area contributed by atoms with Crippen LogP contribution in [0.15, 0.2) is 24.3 Å². The third-order valence-corrected chi connectivity index (χ3v) is 2.38. The van der Waals surface area contributed by atoms with Gasteiger partial charge in [-0.2, -0.15) is 0 Å². The third kappa shape index (κ3) is 1.90. The minimum Gasteiger partial charge on any atom is -0.276 e. The summed E-state index contributed by atoms with van der Waals surface area (Å²) in [7, 11) is 0. The second-order valence-corrected chi connectivity index (χ2v) is 3.69. The van der Waals surface area contributed by atoms with Crippen molar-refractivity contribution >= 4 is 29.4 Å². The Labute approximate surface area is 96.0 Å². The Morgan fingerprint density at radius 2 is 1.88 bits per heavy atom. The van der Waals surface area contributed by atoms with Crippen molar-refractivity contribution in [1.29, 1.82) is 0 Å². The van der Waals surface area contributed by atoms with Gasteiger partial charge in [-0.15, -0.1) is 0 Å². The highest BCUT2D eigenvalue weighted by Gasteiger charge is 2.32. The number of imide groups is 2. The Hall–Kier alpha value is -1.88. The Morgan fingerprint density at radius 3 is 2.38 bits per heavy atom. The lowest BCUT2D eigenvalue weighted by molar-refractivity contribution is -0.118. The summed E-state index contributed by atoms with van der Waals surface area (Å²) >= 11 is 5.67. The zero-order valence-electron chi connectivity index (χ0n) is 8.07. The van der Waals surface area contributed by atoms with E-state index in [-0.39, 0.29) is 6.54 Å². The van der Waals surface area contributed by atoms with Crippen molar-refractivity contribution in [1.82, 2.24) is 10.2 Å². The summed E-state index contributed by atoms with van der Waals surface area (Å²) in [5.41, 5.74) is 0.314. The maximum Gasteiger partial charge on any atom is 0.331 e. The van der Waals surface area contributed by atoms with Gasteiger partial charge < -0.3 is 0 Å². The second-order valence-electron chi connectivity index (χ2n) is 3.25. The molecular weight excluding hydrogens is 232 g/mol. The van der Waals surface area contributed by atoms with Crippen LogP contribution in [0.2, 0.25) is 5.02 Å². The number of amides is 4. The maximum absolute atomic E-state index is 11.8. The van der Waals surface area contributed by atoms with Crippen LogP contribution in [-0.4, -0.2) is 29.3 Å². The first-order valence-corrected chi connectivity index (χ1v) is 4.87. The molecule has 1 aromatic carbocycles. The molecule has 1 heterocycles. The van der Waals surface area contributed by atoms with Gasteiger partial charge in [0.2, 0.25) is 5.91 Å². The standard InChI is InChI=1S/C10H7ClN2O3/c11-7-3-1-6(2-4-7)9(15)13-5-8(14)12-10(13)16/h1-4H,5H2,(H,12,14,16). The van der Waals surface area contributed by atoms with Gasteiger partial charge in [0.1, 0.15) is 6.54 Å². The van der Waals surface area contributed by atoms with Crippen LogP contribution in [0, 0.1) is 0 Å². The lowest BCUT2D eigenvalue weighted by atomic mass is 10.2. The van der Waals surface area contributed by atoms with Gasteiger partial charge in [0, 0.05) is 10.6 Å². The highest BCUT2D eigenvalue weighted by atomic mass is 35.5. The van der Waals surface area contributed by atoms with E-state index in [0.29, 0.717) is 10.6 Å². The lowest BCUT2D eigenvalue weighted by Gasteiger charge is -2.10. The highest BCUT2D eigenvalue weighted by Crippen LogP contribution is 2.12. The quantitative estimate of drug-likeness (QED) is 0.743. The summed E-state index contributed by atoms with van der Waals surface area (Å²) in [6.07, 6.45) is 0. The Bertz CT molecular complexity index is 469. The van der Waals surface area contributed by atoms with Gasteiger partial charge in [0.05, 0.1) is 0 Å². The van der Waals surface area contributed by atoms with E-state index in [2.05, 4.69) is 0 Å². The summed E-state index contributed by atoms with van der Waals surface area (Å²) in [6.45, 7) is -0.236. The molecule has 16 heavy (non-hydrogen) atoms. The normalized spacial score (nSPS) is 15.2. The number of carbonyl (C=O) groups excluding carboxylic acids is 3. The first kappa shape index (κ1) is 10.6. The van der Waals surface area contributed by atoms with E-state index in [4.69, 9.17) is 11.6 Å². The molecular formula is C10H7ClN2O3. The number of urea groups is 1. The molecule has 6 heteroatoms. The number of nitrogens with one attached hydrogen (secondary N) is 1. The SMILES string of the molecule is O=C1CN(C(=O)c2ccc(Cl)cc2)C(=O)N1. The van der Waals surface area contributed by atoms with Gasteiger partial charge in [-0.1, -0.05) is 11.6 Å². The predicted molar refractivity (Wildman–Crippen MR) is 56.0 cm³/mol. The van der Waals surface area contributed by atoms with E-state index >= 15 is 0 Å². The average Bonchev–Trinajstić information content (AvgIpc) is 2.58. The van der Waals surface area contributed by atoms with E-state index in [1.54, 1.807) is 12.1 Å². The van der Waals surface area contributed by atoms with Crippen molar-refractivity contribution in [2.45, 2.75) is 0 Å². The number of nitrogens with zero attached hydrogens (tertiary/aromatic N) is 1. The Balaban J connectivity index is 2.22. The number of carbonyl (C=O) groups is 3. The van der Waals surface area contributed by atoms with Crippen molar-refractivity contribution in [2.75, 3.05) is 6.54 Å². The van der Waals surface area contributed by atoms with Crippen molar-refractivity contribution < 1.29 is 14.4 Å². The fourth-order valence-electron chi connectivity index (χ4n) is 1.35. The summed E-state index contributed by atoms with van der Waals surface area (Å²) < 4.78 is 0. The zero-order chi connectivity index (χ0) is 11.7. The zero-order valence-corrected chi connectivity index (χ0v) is 8.82. The Morgan fingerprint density at radius 1 is 1.25 bits per heavy atom. The van der Waals surface area contributed by atoms with Crippen LogP contribution in [-0.2, 0) is 4.79 Å². The molecule has 0 unspecified atom stereocenters. The molecule has 0 aliphatic carbocycles. The van der Waals surface area contributed by atoms with Crippen molar-refractivity contribution in [3.8, 4) is 0 Å². The molecule has 0 aromatic heterocycles. The lowest BCUT2D eigenvalue weighted by Crippen LogP contribution is -2.34. The maximum atomic E-state index is 11.8. The molecule has 1 aromatic rings. The van der Waals surface area contributed by atoms with Crippen molar-refractivity contribution in [3.63, 3.8) is 0 Å². The minimum atomic E-state index is -0.690. The second kappa shape index (κ2) is 3.94. The average molecular weight is 239 g/mol.